The molecule has 4 rings (SSSR count). The van der Waals surface area contributed by atoms with E-state index in [0.29, 0.717) is 18.3 Å². The van der Waals surface area contributed by atoms with Gasteiger partial charge < -0.3 is 14.2 Å². The Morgan fingerprint density at radius 3 is 1.75 bits per heavy atom. The van der Waals surface area contributed by atoms with Crippen molar-refractivity contribution in [3.8, 4) is 0 Å². The summed E-state index contributed by atoms with van der Waals surface area (Å²) in [5.74, 6) is -0.658. The highest BCUT2D eigenvalue weighted by molar-refractivity contribution is 4.91. The summed E-state index contributed by atoms with van der Waals surface area (Å²) >= 11 is 0. The Balaban J connectivity index is 1.90. The molecule has 0 aromatic carbocycles. The van der Waals surface area contributed by atoms with Crippen LogP contribution < -0.4 is 0 Å². The minimum Gasteiger partial charge on any atom is -0.324 e. The molecule has 0 spiro atoms. The first-order chi connectivity index (χ1) is 5.80. The minimum atomic E-state index is -0.658. The molecule has 3 nitrogen and oxygen atoms in total. The maximum atomic E-state index is 5.72. The van der Waals surface area contributed by atoms with Gasteiger partial charge in [-0.1, -0.05) is 6.92 Å². The second-order valence-corrected chi connectivity index (χ2v) is 3.96. The van der Waals surface area contributed by atoms with E-state index in [9.17, 15) is 0 Å². The van der Waals surface area contributed by atoms with Crippen molar-refractivity contribution in [1.82, 2.24) is 0 Å². The lowest BCUT2D eigenvalue weighted by Gasteiger charge is -2.55. The van der Waals surface area contributed by atoms with Crippen molar-refractivity contribution in [2.75, 3.05) is 0 Å². The van der Waals surface area contributed by atoms with Crippen molar-refractivity contribution in [2.24, 2.45) is 0 Å². The number of ether oxygens (including phenoxy) is 3. The van der Waals surface area contributed by atoms with E-state index in [-0.39, 0.29) is 0 Å². The molecule has 0 atom stereocenters. The molecule has 1 saturated carbocycles. The number of hydrogen-bond donors (Lipinski definition) is 0. The second kappa shape index (κ2) is 2.22. The molecule has 4 bridgehead atoms. The van der Waals surface area contributed by atoms with Crippen LogP contribution in [0, 0.1) is 0 Å². The summed E-state index contributed by atoms with van der Waals surface area (Å²) in [5.41, 5.74) is 0. The van der Waals surface area contributed by atoms with Gasteiger partial charge in [-0.3, -0.25) is 0 Å². The van der Waals surface area contributed by atoms with Crippen molar-refractivity contribution in [3.63, 3.8) is 0 Å². The molecule has 3 heterocycles. The van der Waals surface area contributed by atoms with Crippen molar-refractivity contribution in [2.45, 2.75) is 56.9 Å². The van der Waals surface area contributed by atoms with Gasteiger partial charge in [-0.25, -0.2) is 0 Å². The van der Waals surface area contributed by atoms with Gasteiger partial charge in [0.2, 0.25) is 0 Å². The van der Waals surface area contributed by atoms with Crippen LogP contribution in [0.15, 0.2) is 0 Å². The monoisotopic (exact) mass is 170 g/mol. The van der Waals surface area contributed by atoms with E-state index >= 15 is 0 Å². The maximum absolute atomic E-state index is 5.72. The lowest BCUT2D eigenvalue weighted by molar-refractivity contribution is -0.494. The van der Waals surface area contributed by atoms with Gasteiger partial charge in [0.15, 0.2) is 0 Å². The van der Waals surface area contributed by atoms with Gasteiger partial charge in [0.1, 0.15) is 0 Å². The molecule has 0 amide bonds. The Morgan fingerprint density at radius 1 is 1.00 bits per heavy atom. The molecule has 4 aliphatic rings. The second-order valence-electron chi connectivity index (χ2n) is 3.96. The van der Waals surface area contributed by atoms with E-state index in [2.05, 4.69) is 0 Å². The Kier molecular flexibility index (Phi) is 1.35. The molecule has 3 aliphatic heterocycles. The zero-order valence-electron chi connectivity index (χ0n) is 7.29. The smallest absolute Gasteiger partial charge is 0.283 e. The van der Waals surface area contributed by atoms with Gasteiger partial charge in [0.05, 0.1) is 18.3 Å². The topological polar surface area (TPSA) is 27.7 Å². The van der Waals surface area contributed by atoms with Crippen LogP contribution >= 0.6 is 0 Å². The SMILES string of the molecule is CCC12OC3CC(CC(C3)O1)O2. The number of rotatable bonds is 1. The lowest BCUT2D eigenvalue weighted by atomic mass is 9.89. The van der Waals surface area contributed by atoms with Crippen LogP contribution in [-0.4, -0.2) is 24.3 Å². The van der Waals surface area contributed by atoms with Crippen LogP contribution in [-0.2, 0) is 14.2 Å². The average Bonchev–Trinajstić information content (AvgIpc) is 2.02. The molecule has 0 N–H and O–H groups in total. The standard InChI is InChI=1S/C9H14O3/c1-2-9-10-6-3-7(11-9)5-8(4-6)12-9/h6-8H,2-5H2,1H3. The molecule has 3 saturated heterocycles. The average molecular weight is 170 g/mol. The molecule has 68 valence electrons. The predicted molar refractivity (Wildman–Crippen MR) is 41.5 cm³/mol. The first-order valence-electron chi connectivity index (χ1n) is 4.83. The maximum Gasteiger partial charge on any atom is 0.283 e. The number of hydrogen-bond acceptors (Lipinski definition) is 3. The zero-order chi connectivity index (χ0) is 8.18. The molecule has 0 aromatic rings. The molecular weight excluding hydrogens is 156 g/mol. The normalized spacial score (nSPS) is 56.2. The van der Waals surface area contributed by atoms with Gasteiger partial charge in [0.25, 0.3) is 5.97 Å². The molecule has 1 aliphatic carbocycles. The van der Waals surface area contributed by atoms with Crippen molar-refractivity contribution >= 4 is 0 Å². The molecule has 0 unspecified atom stereocenters. The molecule has 0 radical (unpaired) electrons. The summed E-state index contributed by atoms with van der Waals surface area (Å²) in [4.78, 5) is 0. The molecular formula is C9H14O3. The Labute approximate surface area is 72.0 Å². The van der Waals surface area contributed by atoms with Crippen LogP contribution in [0.5, 0.6) is 0 Å². The van der Waals surface area contributed by atoms with Gasteiger partial charge >= 0.3 is 0 Å². The van der Waals surface area contributed by atoms with Gasteiger partial charge in [-0.15, -0.1) is 0 Å². The van der Waals surface area contributed by atoms with Gasteiger partial charge in [0, 0.05) is 25.7 Å². The summed E-state index contributed by atoms with van der Waals surface area (Å²) in [6.45, 7) is 2.05. The van der Waals surface area contributed by atoms with E-state index in [4.69, 9.17) is 14.2 Å². The fourth-order valence-corrected chi connectivity index (χ4v) is 2.55. The molecule has 3 heteroatoms. The first kappa shape index (κ1) is 7.30. The molecule has 12 heavy (non-hydrogen) atoms. The highest BCUT2D eigenvalue weighted by Crippen LogP contribution is 2.45. The zero-order valence-corrected chi connectivity index (χ0v) is 7.29. The van der Waals surface area contributed by atoms with E-state index in [1.165, 1.54) is 0 Å². The Bertz CT molecular complexity index is 167. The van der Waals surface area contributed by atoms with E-state index in [1.807, 2.05) is 6.92 Å². The summed E-state index contributed by atoms with van der Waals surface area (Å²) < 4.78 is 17.1. The predicted octanol–water partition coefficient (Wildman–Crippen LogP) is 1.42. The largest absolute Gasteiger partial charge is 0.324 e. The third-order valence-electron chi connectivity index (χ3n) is 3.05. The third kappa shape index (κ3) is 0.873. The highest BCUT2D eigenvalue weighted by atomic mass is 16.9. The molecule has 0 aromatic heterocycles. The van der Waals surface area contributed by atoms with Crippen molar-refractivity contribution in [3.05, 3.63) is 0 Å². The van der Waals surface area contributed by atoms with Crippen LogP contribution in [0.2, 0.25) is 0 Å². The first-order valence-corrected chi connectivity index (χ1v) is 4.83. The fraction of sp³-hybridized carbons (Fsp3) is 1.00. The third-order valence-corrected chi connectivity index (χ3v) is 3.05. The van der Waals surface area contributed by atoms with Crippen molar-refractivity contribution < 1.29 is 14.2 Å². The van der Waals surface area contributed by atoms with Crippen molar-refractivity contribution in [1.29, 1.82) is 0 Å². The molecule has 4 fully saturated rings. The van der Waals surface area contributed by atoms with E-state index in [0.717, 1.165) is 25.7 Å². The Hall–Kier alpha value is -0.120. The summed E-state index contributed by atoms with van der Waals surface area (Å²) in [6, 6.07) is 0. The van der Waals surface area contributed by atoms with Crippen LogP contribution in [0.25, 0.3) is 0 Å². The van der Waals surface area contributed by atoms with Gasteiger partial charge in [-0.05, 0) is 0 Å². The summed E-state index contributed by atoms with van der Waals surface area (Å²) in [6.07, 6.45) is 5.21. The highest BCUT2D eigenvalue weighted by Gasteiger charge is 2.53. The lowest BCUT2D eigenvalue weighted by Crippen LogP contribution is -2.61. The summed E-state index contributed by atoms with van der Waals surface area (Å²) in [5, 5.41) is 0. The summed E-state index contributed by atoms with van der Waals surface area (Å²) in [7, 11) is 0. The van der Waals surface area contributed by atoms with E-state index in [1.54, 1.807) is 0 Å². The quantitative estimate of drug-likeness (QED) is 0.595. The Morgan fingerprint density at radius 2 is 1.42 bits per heavy atom. The van der Waals surface area contributed by atoms with Crippen LogP contribution in [0.1, 0.15) is 32.6 Å². The van der Waals surface area contributed by atoms with Crippen LogP contribution in [0.3, 0.4) is 0 Å². The fourth-order valence-electron chi connectivity index (χ4n) is 2.55. The minimum absolute atomic E-state index is 0.399. The van der Waals surface area contributed by atoms with E-state index < -0.39 is 5.97 Å². The van der Waals surface area contributed by atoms with Gasteiger partial charge in [-0.2, -0.15) is 0 Å². The van der Waals surface area contributed by atoms with Crippen LogP contribution in [0.4, 0.5) is 0 Å².